The van der Waals surface area contributed by atoms with Gasteiger partial charge < -0.3 is 29.7 Å². The number of likely N-dealkylation sites (tertiary alicyclic amines) is 1. The third-order valence-corrected chi connectivity index (χ3v) is 6.25. The Morgan fingerprint density at radius 1 is 1.19 bits per heavy atom. The third kappa shape index (κ3) is 4.99. The number of rotatable bonds is 4. The second-order valence-electron chi connectivity index (χ2n) is 9.90. The van der Waals surface area contributed by atoms with Gasteiger partial charge in [-0.25, -0.2) is 4.79 Å². The number of pyridine rings is 1. The zero-order valence-corrected chi connectivity index (χ0v) is 19.3. The number of amides is 3. The number of ether oxygens (including phenoxy) is 3. The van der Waals surface area contributed by atoms with Gasteiger partial charge in [0.2, 0.25) is 5.91 Å². The minimum atomic E-state index is -0.423. The van der Waals surface area contributed by atoms with Crippen LogP contribution < -0.4 is 15.4 Å². The lowest BCUT2D eigenvalue weighted by molar-refractivity contribution is -0.140. The van der Waals surface area contributed by atoms with Crippen molar-refractivity contribution in [2.24, 2.45) is 5.41 Å². The van der Waals surface area contributed by atoms with E-state index in [-0.39, 0.29) is 42.3 Å². The lowest BCUT2D eigenvalue weighted by atomic mass is 9.93. The highest BCUT2D eigenvalue weighted by molar-refractivity contribution is 5.82. The average Bonchev–Trinajstić information content (AvgIpc) is 3.32. The number of aromatic nitrogens is 1. The second-order valence-corrected chi connectivity index (χ2v) is 9.90. The summed E-state index contributed by atoms with van der Waals surface area (Å²) in [5.41, 5.74) is 0.391. The number of fused-ring (bicyclic) bond motifs is 1. The maximum atomic E-state index is 12.7. The normalized spacial score (nSPS) is 30.0. The van der Waals surface area contributed by atoms with E-state index in [0.29, 0.717) is 25.5 Å². The molecule has 2 N–H and O–H groups in total. The van der Waals surface area contributed by atoms with Gasteiger partial charge in [0.1, 0.15) is 18.0 Å². The maximum absolute atomic E-state index is 12.7. The molecule has 1 aromatic rings. The van der Waals surface area contributed by atoms with Crippen LogP contribution in [0, 0.1) is 12.3 Å². The molecule has 3 fully saturated rings. The van der Waals surface area contributed by atoms with Crippen LogP contribution >= 0.6 is 0 Å². The fourth-order valence-electron chi connectivity index (χ4n) is 4.60. The van der Waals surface area contributed by atoms with Crippen molar-refractivity contribution in [2.45, 2.75) is 70.9 Å². The van der Waals surface area contributed by atoms with Gasteiger partial charge in [-0.15, -0.1) is 0 Å². The van der Waals surface area contributed by atoms with Crippen molar-refractivity contribution in [1.29, 1.82) is 0 Å². The number of hydrogen-bond acceptors (Lipinski definition) is 6. The minimum Gasteiger partial charge on any atom is -0.483 e. The molecule has 9 heteroatoms. The summed E-state index contributed by atoms with van der Waals surface area (Å²) in [6, 6.07) is 3.14. The topological polar surface area (TPSA) is 102 Å². The highest BCUT2D eigenvalue weighted by atomic mass is 16.6. The van der Waals surface area contributed by atoms with Crippen molar-refractivity contribution in [3.63, 3.8) is 0 Å². The number of nitrogens with one attached hydrogen (secondary N) is 2. The Bertz CT molecular complexity index is 842. The van der Waals surface area contributed by atoms with Gasteiger partial charge in [0.05, 0.1) is 24.9 Å². The highest BCUT2D eigenvalue weighted by Gasteiger charge is 2.49. The Hall–Kier alpha value is -2.39. The third-order valence-electron chi connectivity index (χ3n) is 6.25. The van der Waals surface area contributed by atoms with Crippen LogP contribution in [0.4, 0.5) is 4.79 Å². The lowest BCUT2D eigenvalue weighted by Crippen LogP contribution is -2.56. The van der Waals surface area contributed by atoms with Crippen LogP contribution in [0.1, 0.15) is 39.3 Å². The molecule has 1 aromatic heterocycles. The molecular formula is C23H34N4O5. The second kappa shape index (κ2) is 9.23. The van der Waals surface area contributed by atoms with E-state index in [2.05, 4.69) is 15.6 Å². The van der Waals surface area contributed by atoms with E-state index in [1.165, 1.54) is 0 Å². The van der Waals surface area contributed by atoms with E-state index in [1.54, 1.807) is 6.20 Å². The molecule has 3 aliphatic rings. The Morgan fingerprint density at radius 2 is 1.97 bits per heavy atom. The molecule has 1 unspecified atom stereocenters. The van der Waals surface area contributed by atoms with E-state index < -0.39 is 5.41 Å². The molecule has 0 radical (unpaired) electrons. The van der Waals surface area contributed by atoms with Crippen LogP contribution in [0.3, 0.4) is 0 Å². The molecule has 176 valence electrons. The largest absolute Gasteiger partial charge is 0.483 e. The average molecular weight is 447 g/mol. The summed E-state index contributed by atoms with van der Waals surface area (Å²) in [5.74, 6) is 0.830. The highest BCUT2D eigenvalue weighted by Crippen LogP contribution is 2.30. The van der Waals surface area contributed by atoms with Gasteiger partial charge in [0.25, 0.3) is 0 Å². The van der Waals surface area contributed by atoms with Gasteiger partial charge in [0, 0.05) is 30.7 Å². The van der Waals surface area contributed by atoms with E-state index in [4.69, 9.17) is 14.2 Å². The number of carbonyl (C=O) groups is 2. The molecule has 5 atom stereocenters. The van der Waals surface area contributed by atoms with Gasteiger partial charge in [-0.05, 0) is 31.9 Å². The minimum absolute atomic E-state index is 0.0673. The predicted octanol–water partition coefficient (Wildman–Crippen LogP) is 1.64. The van der Waals surface area contributed by atoms with Crippen LogP contribution in [0.15, 0.2) is 18.3 Å². The van der Waals surface area contributed by atoms with Crippen LogP contribution in [0.2, 0.25) is 0 Å². The first kappa shape index (κ1) is 22.8. The molecule has 3 amide bonds. The number of carbonyl (C=O) groups excluding carboxylic acids is 2. The number of urea groups is 1. The van der Waals surface area contributed by atoms with Gasteiger partial charge >= 0.3 is 6.03 Å². The molecule has 3 saturated heterocycles. The first-order valence-electron chi connectivity index (χ1n) is 11.4. The number of nitrogens with zero attached hydrogens (tertiary/aromatic N) is 2. The lowest BCUT2D eigenvalue weighted by Gasteiger charge is -2.36. The molecule has 4 heterocycles. The molecular weight excluding hydrogens is 412 g/mol. The van der Waals surface area contributed by atoms with Gasteiger partial charge in [0.15, 0.2) is 6.10 Å². The fraction of sp³-hybridized carbons (Fsp3) is 0.696. The summed E-state index contributed by atoms with van der Waals surface area (Å²) in [4.78, 5) is 31.4. The predicted molar refractivity (Wildman–Crippen MR) is 117 cm³/mol. The molecule has 0 saturated carbocycles. The quantitative estimate of drug-likeness (QED) is 0.729. The maximum Gasteiger partial charge on any atom is 0.315 e. The van der Waals surface area contributed by atoms with Gasteiger partial charge in [-0.2, -0.15) is 0 Å². The Balaban J connectivity index is 1.28. The number of piperidine rings is 1. The first-order chi connectivity index (χ1) is 15.2. The van der Waals surface area contributed by atoms with Gasteiger partial charge in [-0.3, -0.25) is 9.78 Å². The van der Waals surface area contributed by atoms with Crippen molar-refractivity contribution in [2.75, 3.05) is 26.3 Å². The van der Waals surface area contributed by atoms with Crippen LogP contribution in [-0.4, -0.2) is 78.5 Å². The van der Waals surface area contributed by atoms with E-state index in [1.807, 2.05) is 44.7 Å². The van der Waals surface area contributed by atoms with Crippen LogP contribution in [0.5, 0.6) is 5.75 Å². The standard InChI is InChI=1S/C23H34N4O5/c1-14-17(8-5-9-24-14)32-18-13-31-19-16(12-30-20(18)19)26-22(29)25-15-7-6-10-27(11-15)21(28)23(2,3)4/h5,8-9,15-16,18-20H,6-7,10-13H2,1-4H3,(H2,25,26,29)/t15?,16-,18-,19+,20+/m0/s1. The molecule has 0 spiro atoms. The summed E-state index contributed by atoms with van der Waals surface area (Å²) >= 11 is 0. The van der Waals surface area contributed by atoms with Crippen molar-refractivity contribution >= 4 is 11.9 Å². The molecule has 0 bridgehead atoms. The molecule has 3 aliphatic heterocycles. The molecule has 0 aromatic carbocycles. The Labute approximate surface area is 189 Å². The van der Waals surface area contributed by atoms with Crippen LogP contribution in [-0.2, 0) is 14.3 Å². The summed E-state index contributed by atoms with van der Waals surface area (Å²) in [6.07, 6.45) is 2.71. The smallest absolute Gasteiger partial charge is 0.315 e. The fourth-order valence-corrected chi connectivity index (χ4v) is 4.60. The Morgan fingerprint density at radius 3 is 2.72 bits per heavy atom. The number of aryl methyl sites for hydroxylation is 1. The molecule has 32 heavy (non-hydrogen) atoms. The zero-order chi connectivity index (χ0) is 22.9. The first-order valence-corrected chi connectivity index (χ1v) is 11.4. The number of hydrogen-bond donors (Lipinski definition) is 2. The van der Waals surface area contributed by atoms with Crippen molar-refractivity contribution in [1.82, 2.24) is 20.5 Å². The van der Waals surface area contributed by atoms with Crippen molar-refractivity contribution in [3.05, 3.63) is 24.0 Å². The SMILES string of the molecule is Cc1ncccc1O[C@H]1CO[C@H]2[C@@H]1OC[C@@H]2NC(=O)NC1CCCN(C(=O)C(C)(C)C)C1. The van der Waals surface area contributed by atoms with E-state index >= 15 is 0 Å². The summed E-state index contributed by atoms with van der Waals surface area (Å²) in [7, 11) is 0. The van der Waals surface area contributed by atoms with Crippen LogP contribution in [0.25, 0.3) is 0 Å². The summed E-state index contributed by atoms with van der Waals surface area (Å²) in [5, 5.41) is 6.02. The molecule has 9 nitrogen and oxygen atoms in total. The zero-order valence-electron chi connectivity index (χ0n) is 19.3. The van der Waals surface area contributed by atoms with Crippen molar-refractivity contribution < 1.29 is 23.8 Å². The molecule has 4 rings (SSSR count). The summed E-state index contributed by atoms with van der Waals surface area (Å²) < 4.78 is 17.9. The van der Waals surface area contributed by atoms with E-state index in [9.17, 15) is 9.59 Å². The Kier molecular flexibility index (Phi) is 6.57. The molecule has 0 aliphatic carbocycles. The summed E-state index contributed by atoms with van der Waals surface area (Å²) in [6.45, 7) is 9.70. The van der Waals surface area contributed by atoms with Crippen molar-refractivity contribution in [3.8, 4) is 5.75 Å². The van der Waals surface area contributed by atoms with Gasteiger partial charge in [-0.1, -0.05) is 20.8 Å². The monoisotopic (exact) mass is 446 g/mol. The van der Waals surface area contributed by atoms with E-state index in [0.717, 1.165) is 25.1 Å².